The van der Waals surface area contributed by atoms with Crippen LogP contribution in [-0.2, 0) is 0 Å². The van der Waals surface area contributed by atoms with Crippen LogP contribution in [0.25, 0.3) is 10.6 Å². The van der Waals surface area contributed by atoms with Gasteiger partial charge in [-0.25, -0.2) is 4.98 Å². The average molecular weight is 265 g/mol. The zero-order valence-corrected chi connectivity index (χ0v) is 9.88. The molecule has 0 bridgehead atoms. The lowest BCUT2D eigenvalue weighted by Crippen LogP contribution is -1.76. The van der Waals surface area contributed by atoms with Crippen LogP contribution in [0, 0.1) is 0 Å². The molecule has 1 aromatic heterocycles. The van der Waals surface area contributed by atoms with Crippen LogP contribution in [-0.4, -0.2) is 4.98 Å². The van der Waals surface area contributed by atoms with E-state index in [1.165, 1.54) is 11.3 Å². The van der Waals surface area contributed by atoms with Crippen molar-refractivity contribution in [2.24, 2.45) is 0 Å². The summed E-state index contributed by atoms with van der Waals surface area (Å²) >= 11 is 18.9. The number of hydrogen-bond donors (Lipinski definition) is 0. The normalized spacial score (nSPS) is 10.5. The summed E-state index contributed by atoms with van der Waals surface area (Å²) in [4.78, 5) is 4.13. The highest BCUT2D eigenvalue weighted by molar-refractivity contribution is 7.13. The minimum atomic E-state index is 0.487. The molecule has 0 aliphatic carbocycles. The minimum absolute atomic E-state index is 0.487. The number of halogens is 3. The molecule has 0 atom stereocenters. The van der Waals surface area contributed by atoms with Crippen molar-refractivity contribution >= 4 is 46.1 Å². The Morgan fingerprint density at radius 3 is 2.14 bits per heavy atom. The fraction of sp³-hybridized carbons (Fsp3) is 0. The highest BCUT2D eigenvalue weighted by Gasteiger charge is 2.05. The highest BCUT2D eigenvalue weighted by Crippen LogP contribution is 2.30. The Hall–Kier alpha value is -0.280. The molecule has 1 aromatic carbocycles. The van der Waals surface area contributed by atoms with Gasteiger partial charge in [-0.1, -0.05) is 34.8 Å². The van der Waals surface area contributed by atoms with Gasteiger partial charge in [0.05, 0.1) is 0 Å². The van der Waals surface area contributed by atoms with Crippen LogP contribution in [0.2, 0.25) is 15.2 Å². The first-order valence-electron chi connectivity index (χ1n) is 3.72. The van der Waals surface area contributed by atoms with Gasteiger partial charge in [-0.15, -0.1) is 11.3 Å². The van der Waals surface area contributed by atoms with Gasteiger partial charge in [-0.3, -0.25) is 0 Å². The Labute approximate surface area is 100 Å². The van der Waals surface area contributed by atoms with Gasteiger partial charge in [0.2, 0.25) is 0 Å². The number of rotatable bonds is 1. The first-order chi connectivity index (χ1) is 6.65. The van der Waals surface area contributed by atoms with Gasteiger partial charge in [0, 0.05) is 21.0 Å². The summed E-state index contributed by atoms with van der Waals surface area (Å²) in [6.45, 7) is 0. The largest absolute Gasteiger partial charge is 0.224 e. The number of aromatic nitrogens is 1. The summed E-state index contributed by atoms with van der Waals surface area (Å²) in [6, 6.07) is 5.30. The first-order valence-corrected chi connectivity index (χ1v) is 5.74. The quantitative estimate of drug-likeness (QED) is 0.723. The molecule has 1 nitrogen and oxygen atoms in total. The van der Waals surface area contributed by atoms with Crippen LogP contribution in [0.1, 0.15) is 0 Å². The van der Waals surface area contributed by atoms with Crippen LogP contribution in [0.3, 0.4) is 0 Å². The Bertz CT molecular complexity index is 447. The smallest absolute Gasteiger partial charge is 0.140 e. The second-order valence-corrected chi connectivity index (χ2v) is 4.75. The van der Waals surface area contributed by atoms with Crippen molar-refractivity contribution in [1.82, 2.24) is 4.98 Å². The second kappa shape index (κ2) is 4.07. The third-order valence-corrected chi connectivity index (χ3v) is 3.24. The molecule has 2 rings (SSSR count). The molecule has 2 aromatic rings. The predicted octanol–water partition coefficient (Wildman–Crippen LogP) is 4.77. The molecule has 0 amide bonds. The lowest BCUT2D eigenvalue weighted by atomic mass is 10.2. The fourth-order valence-corrected chi connectivity index (χ4v) is 2.52. The van der Waals surface area contributed by atoms with E-state index >= 15 is 0 Å². The topological polar surface area (TPSA) is 12.9 Å². The van der Waals surface area contributed by atoms with Crippen molar-refractivity contribution in [3.05, 3.63) is 38.8 Å². The summed E-state index contributed by atoms with van der Waals surface area (Å²) in [5, 5.41) is 4.27. The number of thiazole rings is 1. The van der Waals surface area contributed by atoms with Crippen LogP contribution < -0.4 is 0 Å². The van der Waals surface area contributed by atoms with Gasteiger partial charge in [-0.2, -0.15) is 0 Å². The predicted molar refractivity (Wildman–Crippen MR) is 62.6 cm³/mol. The standard InChI is InChI=1S/C9H4Cl3NS/c10-6-1-5(2-7(11)3-6)9-13-8(12)4-14-9/h1-4H. The van der Waals surface area contributed by atoms with Crippen molar-refractivity contribution in [1.29, 1.82) is 0 Å². The molecule has 0 N–H and O–H groups in total. The van der Waals surface area contributed by atoms with E-state index in [9.17, 15) is 0 Å². The zero-order valence-electron chi connectivity index (χ0n) is 6.80. The maximum absolute atomic E-state index is 5.87. The lowest BCUT2D eigenvalue weighted by molar-refractivity contribution is 1.41. The molecule has 72 valence electrons. The molecule has 0 aliphatic heterocycles. The highest BCUT2D eigenvalue weighted by atomic mass is 35.5. The summed E-state index contributed by atoms with van der Waals surface area (Å²) in [5.74, 6) is 0. The number of hydrogen-bond acceptors (Lipinski definition) is 2. The molecule has 0 unspecified atom stereocenters. The minimum Gasteiger partial charge on any atom is -0.224 e. The molecule has 14 heavy (non-hydrogen) atoms. The molecular formula is C9H4Cl3NS. The molecule has 5 heteroatoms. The molecule has 0 saturated heterocycles. The summed E-state index contributed by atoms with van der Waals surface area (Å²) < 4.78 is 0. The maximum Gasteiger partial charge on any atom is 0.140 e. The molecular weight excluding hydrogens is 261 g/mol. The van der Waals surface area contributed by atoms with Crippen LogP contribution in [0.15, 0.2) is 23.6 Å². The molecule has 0 aliphatic rings. The fourth-order valence-electron chi connectivity index (χ4n) is 1.06. The summed E-state index contributed by atoms with van der Waals surface area (Å²) in [6.07, 6.45) is 0. The van der Waals surface area contributed by atoms with Gasteiger partial charge < -0.3 is 0 Å². The van der Waals surface area contributed by atoms with E-state index in [0.29, 0.717) is 15.2 Å². The average Bonchev–Trinajstić information content (AvgIpc) is 2.50. The second-order valence-electron chi connectivity index (χ2n) is 2.63. The Kier molecular flexibility index (Phi) is 2.98. The van der Waals surface area contributed by atoms with E-state index in [1.54, 1.807) is 11.4 Å². The number of benzene rings is 1. The van der Waals surface area contributed by atoms with Gasteiger partial charge in [0.1, 0.15) is 10.2 Å². The third-order valence-electron chi connectivity index (χ3n) is 1.59. The van der Waals surface area contributed by atoms with Gasteiger partial charge in [0.15, 0.2) is 0 Å². The van der Waals surface area contributed by atoms with E-state index in [2.05, 4.69) is 4.98 Å². The number of nitrogens with zero attached hydrogens (tertiary/aromatic N) is 1. The molecule has 0 saturated carbocycles. The van der Waals surface area contributed by atoms with Crippen molar-refractivity contribution in [2.75, 3.05) is 0 Å². The maximum atomic E-state index is 5.87. The van der Waals surface area contributed by atoms with Crippen LogP contribution >= 0.6 is 46.1 Å². The Morgan fingerprint density at radius 1 is 1.00 bits per heavy atom. The van der Waals surface area contributed by atoms with Crippen LogP contribution in [0.5, 0.6) is 0 Å². The van der Waals surface area contributed by atoms with Gasteiger partial charge in [0.25, 0.3) is 0 Å². The molecule has 1 heterocycles. The molecule has 0 radical (unpaired) electrons. The third kappa shape index (κ3) is 2.20. The summed E-state index contributed by atoms with van der Waals surface area (Å²) in [5.41, 5.74) is 0.888. The van der Waals surface area contributed by atoms with Crippen molar-refractivity contribution < 1.29 is 0 Å². The van der Waals surface area contributed by atoms with Crippen molar-refractivity contribution in [3.63, 3.8) is 0 Å². The Balaban J connectivity index is 2.51. The molecule has 0 spiro atoms. The molecule has 0 fully saturated rings. The first kappa shape index (κ1) is 10.2. The van der Waals surface area contributed by atoms with E-state index in [4.69, 9.17) is 34.8 Å². The SMILES string of the molecule is Clc1cc(Cl)cc(-c2nc(Cl)cs2)c1. The van der Waals surface area contributed by atoms with E-state index in [-0.39, 0.29) is 0 Å². The van der Waals surface area contributed by atoms with E-state index in [1.807, 2.05) is 12.1 Å². The van der Waals surface area contributed by atoms with Gasteiger partial charge in [-0.05, 0) is 18.2 Å². The lowest BCUT2D eigenvalue weighted by Gasteiger charge is -1.98. The monoisotopic (exact) mass is 263 g/mol. The Morgan fingerprint density at radius 2 is 1.64 bits per heavy atom. The zero-order chi connectivity index (χ0) is 10.1. The van der Waals surface area contributed by atoms with Crippen molar-refractivity contribution in [2.45, 2.75) is 0 Å². The van der Waals surface area contributed by atoms with Gasteiger partial charge >= 0.3 is 0 Å². The summed E-state index contributed by atoms with van der Waals surface area (Å²) in [7, 11) is 0. The van der Waals surface area contributed by atoms with Crippen molar-refractivity contribution in [3.8, 4) is 10.6 Å². The van der Waals surface area contributed by atoms with Crippen LogP contribution in [0.4, 0.5) is 0 Å². The van der Waals surface area contributed by atoms with E-state index < -0.39 is 0 Å². The van der Waals surface area contributed by atoms with E-state index in [0.717, 1.165) is 10.6 Å².